The summed E-state index contributed by atoms with van der Waals surface area (Å²) in [5, 5.41) is 10.8. The number of hydrogen-bond donors (Lipinski definition) is 1. The minimum atomic E-state index is -4.56. The van der Waals surface area contributed by atoms with Crippen LogP contribution in [0.25, 0.3) is 0 Å². The van der Waals surface area contributed by atoms with Gasteiger partial charge in [-0.25, -0.2) is 21.6 Å². The summed E-state index contributed by atoms with van der Waals surface area (Å²) in [5.74, 6) is -3.70. The van der Waals surface area contributed by atoms with Gasteiger partial charge in [0.15, 0.2) is 11.6 Å². The van der Waals surface area contributed by atoms with Gasteiger partial charge < -0.3 is 0 Å². The molecule has 0 bridgehead atoms. The molecule has 0 atom stereocenters. The van der Waals surface area contributed by atoms with Crippen LogP contribution in [-0.4, -0.2) is 13.3 Å². The number of nitro benzene ring substituents is 1. The molecule has 0 radical (unpaired) electrons. The highest BCUT2D eigenvalue weighted by Gasteiger charge is 2.25. The van der Waals surface area contributed by atoms with Crippen molar-refractivity contribution in [2.24, 2.45) is 0 Å². The Hall–Kier alpha value is -2.62. The molecule has 0 saturated carbocycles. The summed E-state index contributed by atoms with van der Waals surface area (Å²) in [4.78, 5) is 9.00. The van der Waals surface area contributed by atoms with E-state index in [2.05, 4.69) is 0 Å². The third-order valence-corrected chi connectivity index (χ3v) is 4.30. The second kappa shape index (κ2) is 5.88. The molecule has 0 amide bonds. The van der Waals surface area contributed by atoms with Crippen LogP contribution in [0, 0.1) is 34.5 Å². The van der Waals surface area contributed by atoms with Gasteiger partial charge in [-0.2, -0.15) is 0 Å². The van der Waals surface area contributed by atoms with Crippen LogP contribution in [0.4, 0.5) is 24.5 Å². The number of aryl methyl sites for hydroxylation is 1. The number of nitrogens with one attached hydrogen (secondary N) is 1. The molecule has 0 unspecified atom stereocenters. The van der Waals surface area contributed by atoms with Gasteiger partial charge in [0.2, 0.25) is 0 Å². The second-order valence-electron chi connectivity index (χ2n) is 4.56. The average Bonchev–Trinajstić information content (AvgIpc) is 2.41. The van der Waals surface area contributed by atoms with Gasteiger partial charge in [-0.05, 0) is 25.1 Å². The Morgan fingerprint density at radius 2 is 1.70 bits per heavy atom. The van der Waals surface area contributed by atoms with Crippen molar-refractivity contribution >= 4 is 21.4 Å². The van der Waals surface area contributed by atoms with Crippen LogP contribution >= 0.6 is 0 Å². The lowest BCUT2D eigenvalue weighted by atomic mass is 10.2. The third-order valence-electron chi connectivity index (χ3n) is 2.91. The summed E-state index contributed by atoms with van der Waals surface area (Å²) in [5.41, 5.74) is -0.997. The van der Waals surface area contributed by atoms with Crippen molar-refractivity contribution < 1.29 is 26.5 Å². The number of halogens is 3. The number of anilines is 1. The molecule has 122 valence electrons. The van der Waals surface area contributed by atoms with E-state index in [1.54, 1.807) is 0 Å². The molecule has 0 aromatic heterocycles. The largest absolute Gasteiger partial charge is 0.279 e. The summed E-state index contributed by atoms with van der Waals surface area (Å²) in [7, 11) is -4.56. The maximum Gasteiger partial charge on any atom is 0.273 e. The number of nitro groups is 1. The number of sulfonamides is 1. The summed E-state index contributed by atoms with van der Waals surface area (Å²) < 4.78 is 65.8. The maximum atomic E-state index is 13.9. The molecule has 2 aromatic rings. The van der Waals surface area contributed by atoms with Crippen LogP contribution in [-0.2, 0) is 10.0 Å². The molecule has 0 aliphatic heterocycles. The Bertz CT molecular complexity index is 900. The Morgan fingerprint density at radius 1 is 1.04 bits per heavy atom. The molecule has 23 heavy (non-hydrogen) atoms. The highest BCUT2D eigenvalue weighted by atomic mass is 32.2. The monoisotopic (exact) mass is 346 g/mol. The van der Waals surface area contributed by atoms with E-state index in [1.807, 2.05) is 4.72 Å². The normalized spacial score (nSPS) is 11.3. The first kappa shape index (κ1) is 16.7. The van der Waals surface area contributed by atoms with Crippen LogP contribution in [0.15, 0.2) is 35.2 Å². The minimum Gasteiger partial charge on any atom is -0.279 e. The van der Waals surface area contributed by atoms with E-state index >= 15 is 0 Å². The lowest BCUT2D eigenvalue weighted by Gasteiger charge is -2.10. The van der Waals surface area contributed by atoms with E-state index in [0.29, 0.717) is 24.3 Å². The van der Waals surface area contributed by atoms with Crippen molar-refractivity contribution in [1.29, 1.82) is 0 Å². The Labute approximate surface area is 128 Å². The highest BCUT2D eigenvalue weighted by Crippen LogP contribution is 2.27. The van der Waals surface area contributed by atoms with Crippen molar-refractivity contribution in [3.63, 3.8) is 0 Å². The van der Waals surface area contributed by atoms with Crippen LogP contribution < -0.4 is 4.72 Å². The number of rotatable bonds is 4. The molecule has 0 aliphatic carbocycles. The van der Waals surface area contributed by atoms with Crippen molar-refractivity contribution in [2.75, 3.05) is 4.72 Å². The Balaban J connectivity index is 2.49. The zero-order chi connectivity index (χ0) is 17.4. The maximum absolute atomic E-state index is 13.9. The average molecular weight is 346 g/mol. The highest BCUT2D eigenvalue weighted by molar-refractivity contribution is 7.92. The molecular weight excluding hydrogens is 337 g/mol. The summed E-state index contributed by atoms with van der Waals surface area (Å²) in [6.45, 7) is 1.25. The fraction of sp³-hybridized carbons (Fsp3) is 0.0769. The predicted molar refractivity (Wildman–Crippen MR) is 75.0 cm³/mol. The van der Waals surface area contributed by atoms with E-state index in [0.717, 1.165) is 6.07 Å². The number of nitrogens with zero attached hydrogens (tertiary/aromatic N) is 1. The quantitative estimate of drug-likeness (QED) is 0.680. The molecule has 0 heterocycles. The third kappa shape index (κ3) is 3.42. The van der Waals surface area contributed by atoms with Gasteiger partial charge in [0.05, 0.1) is 10.6 Å². The molecule has 0 spiro atoms. The molecule has 2 rings (SSSR count). The SMILES string of the molecule is Cc1cc(F)c(S(=O)(=O)Nc2ccc(F)c(F)c2)cc1[N+](=O)[O-]. The molecule has 10 heteroatoms. The molecule has 0 saturated heterocycles. The minimum absolute atomic E-state index is 0.0562. The van der Waals surface area contributed by atoms with E-state index in [9.17, 15) is 31.7 Å². The second-order valence-corrected chi connectivity index (χ2v) is 6.21. The topological polar surface area (TPSA) is 89.3 Å². The first-order chi connectivity index (χ1) is 10.6. The zero-order valence-electron chi connectivity index (χ0n) is 11.5. The first-order valence-electron chi connectivity index (χ1n) is 6.04. The van der Waals surface area contributed by atoms with Crippen LogP contribution in [0.3, 0.4) is 0 Å². The molecule has 2 aromatic carbocycles. The number of hydrogen-bond acceptors (Lipinski definition) is 4. The lowest BCUT2D eigenvalue weighted by molar-refractivity contribution is -0.385. The first-order valence-corrected chi connectivity index (χ1v) is 7.52. The molecule has 0 fully saturated rings. The van der Waals surface area contributed by atoms with Crippen LogP contribution in [0.5, 0.6) is 0 Å². The molecule has 6 nitrogen and oxygen atoms in total. The van der Waals surface area contributed by atoms with Gasteiger partial charge in [0, 0.05) is 17.7 Å². The summed E-state index contributed by atoms with van der Waals surface area (Å²) in [6, 6.07) is 3.44. The van der Waals surface area contributed by atoms with Crippen molar-refractivity contribution in [3.05, 3.63) is 63.5 Å². The van der Waals surface area contributed by atoms with Crippen molar-refractivity contribution in [2.45, 2.75) is 11.8 Å². The van der Waals surface area contributed by atoms with Gasteiger partial charge in [-0.15, -0.1) is 0 Å². The van der Waals surface area contributed by atoms with Crippen LogP contribution in [0.2, 0.25) is 0 Å². The van der Waals surface area contributed by atoms with Gasteiger partial charge >= 0.3 is 0 Å². The summed E-state index contributed by atoms with van der Waals surface area (Å²) in [6.07, 6.45) is 0. The fourth-order valence-electron chi connectivity index (χ4n) is 1.81. The predicted octanol–water partition coefficient (Wildman–Crippen LogP) is 3.12. The fourth-order valence-corrected chi connectivity index (χ4v) is 2.94. The van der Waals surface area contributed by atoms with Gasteiger partial charge in [0.1, 0.15) is 10.7 Å². The van der Waals surface area contributed by atoms with Gasteiger partial charge in [-0.1, -0.05) is 0 Å². The van der Waals surface area contributed by atoms with E-state index in [1.165, 1.54) is 6.92 Å². The molecule has 0 aliphatic rings. The zero-order valence-corrected chi connectivity index (χ0v) is 12.3. The van der Waals surface area contributed by atoms with E-state index in [-0.39, 0.29) is 11.3 Å². The molecule has 1 N–H and O–H groups in total. The molecular formula is C13H9F3N2O4S. The van der Waals surface area contributed by atoms with Crippen molar-refractivity contribution in [3.8, 4) is 0 Å². The van der Waals surface area contributed by atoms with E-state index in [4.69, 9.17) is 0 Å². The van der Waals surface area contributed by atoms with Crippen LogP contribution in [0.1, 0.15) is 5.56 Å². The standard InChI is InChI=1S/C13H9F3N2O4S/c1-7-4-11(16)13(6-12(7)18(19)20)23(21,22)17-8-2-3-9(14)10(15)5-8/h2-6,17H,1H3. The number of benzene rings is 2. The summed E-state index contributed by atoms with van der Waals surface area (Å²) >= 11 is 0. The van der Waals surface area contributed by atoms with Gasteiger partial charge in [0.25, 0.3) is 15.7 Å². The smallest absolute Gasteiger partial charge is 0.273 e. The van der Waals surface area contributed by atoms with Gasteiger partial charge in [-0.3, -0.25) is 14.8 Å². The van der Waals surface area contributed by atoms with Crippen molar-refractivity contribution in [1.82, 2.24) is 0 Å². The Kier molecular flexibility index (Phi) is 4.28. The lowest BCUT2D eigenvalue weighted by Crippen LogP contribution is -2.15. The van der Waals surface area contributed by atoms with E-state index < -0.39 is 43.0 Å². The Morgan fingerprint density at radius 3 is 2.26 bits per heavy atom.